The lowest BCUT2D eigenvalue weighted by Crippen LogP contribution is -2.35. The molecular formula is C37H26O. The maximum Gasteiger partial charge on any atom is 0.156 e. The monoisotopic (exact) mass is 486 g/mol. The van der Waals surface area contributed by atoms with Crippen LogP contribution in [0.25, 0.3) is 10.8 Å². The Kier molecular flexibility index (Phi) is 4.06. The summed E-state index contributed by atoms with van der Waals surface area (Å²) in [5.41, 5.74) is 13.2. The Morgan fingerprint density at radius 1 is 0.526 bits per heavy atom. The van der Waals surface area contributed by atoms with Crippen molar-refractivity contribution in [1.82, 2.24) is 0 Å². The lowest BCUT2D eigenvalue weighted by molar-refractivity contribution is -0.120. The van der Waals surface area contributed by atoms with Gasteiger partial charge in [-0.2, -0.15) is 0 Å². The molecule has 4 unspecified atom stereocenters. The minimum atomic E-state index is -0.175. The van der Waals surface area contributed by atoms with Crippen LogP contribution >= 0.6 is 0 Å². The van der Waals surface area contributed by atoms with Crippen molar-refractivity contribution in [2.24, 2.45) is 0 Å². The molecule has 0 aliphatic heterocycles. The number of ketones is 1. The fraction of sp³-hybridized carbons (Fsp3) is 0.162. The molecule has 0 amide bonds. The van der Waals surface area contributed by atoms with E-state index in [2.05, 4.69) is 109 Å². The van der Waals surface area contributed by atoms with Crippen LogP contribution in [0.3, 0.4) is 0 Å². The van der Waals surface area contributed by atoms with Crippen molar-refractivity contribution in [3.63, 3.8) is 0 Å². The van der Waals surface area contributed by atoms with E-state index in [1.54, 1.807) is 0 Å². The summed E-state index contributed by atoms with van der Waals surface area (Å²) in [5, 5.41) is 2.61. The van der Waals surface area contributed by atoms with Crippen LogP contribution in [-0.2, 0) is 4.79 Å². The van der Waals surface area contributed by atoms with E-state index in [0.717, 1.165) is 12.8 Å². The van der Waals surface area contributed by atoms with Gasteiger partial charge in [-0.05, 0) is 68.1 Å². The highest BCUT2D eigenvalue weighted by Crippen LogP contribution is 2.61. The number of carbonyl (C=O) groups is 1. The minimum absolute atomic E-state index is 0.175. The van der Waals surface area contributed by atoms with Crippen molar-refractivity contribution in [2.75, 3.05) is 0 Å². The summed E-state index contributed by atoms with van der Waals surface area (Å²) in [7, 11) is 0. The predicted molar refractivity (Wildman–Crippen MR) is 153 cm³/mol. The molecule has 4 aromatic rings. The molecule has 1 heteroatoms. The number of Topliss-reactive ketones (excluding diaryl/α,β-unsaturated/α-hetero) is 1. The summed E-state index contributed by atoms with van der Waals surface area (Å²) in [6, 6.07) is 31.0. The van der Waals surface area contributed by atoms with Gasteiger partial charge in [0.1, 0.15) is 0 Å². The van der Waals surface area contributed by atoms with Crippen LogP contribution in [0.5, 0.6) is 0 Å². The first-order chi connectivity index (χ1) is 18.8. The summed E-state index contributed by atoms with van der Waals surface area (Å²) in [6.45, 7) is 0. The number of benzene rings is 4. The van der Waals surface area contributed by atoms with Gasteiger partial charge in [-0.1, -0.05) is 120 Å². The van der Waals surface area contributed by atoms with Gasteiger partial charge in [-0.15, -0.1) is 0 Å². The quantitative estimate of drug-likeness (QED) is 0.278. The second-order valence-corrected chi connectivity index (χ2v) is 11.4. The van der Waals surface area contributed by atoms with E-state index in [9.17, 15) is 4.79 Å². The van der Waals surface area contributed by atoms with Crippen LogP contribution in [0.2, 0.25) is 0 Å². The van der Waals surface area contributed by atoms with Gasteiger partial charge in [0.15, 0.2) is 5.78 Å². The molecule has 5 aliphatic rings. The third-order valence-electron chi connectivity index (χ3n) is 9.70. The SMILES string of the molecule is O=C1C2C3=C(CC=C3)C(c3ccccc3)c3ccc4ccc5c(c4c32)C1C1=C(CC=C1)C5c1ccccc1. The molecule has 4 atom stereocenters. The smallest absolute Gasteiger partial charge is 0.156 e. The van der Waals surface area contributed by atoms with Crippen LogP contribution in [-0.4, -0.2) is 5.78 Å². The lowest BCUT2D eigenvalue weighted by Gasteiger charge is -2.43. The topological polar surface area (TPSA) is 17.1 Å². The Bertz CT molecular complexity index is 1700. The molecule has 0 saturated heterocycles. The van der Waals surface area contributed by atoms with Crippen LogP contribution in [0.4, 0.5) is 0 Å². The normalized spacial score (nSPS) is 25.8. The largest absolute Gasteiger partial charge is 0.298 e. The molecule has 0 aromatic heterocycles. The number of rotatable bonds is 2. The van der Waals surface area contributed by atoms with Crippen LogP contribution in [0, 0.1) is 0 Å². The van der Waals surface area contributed by atoms with Gasteiger partial charge < -0.3 is 0 Å². The molecule has 38 heavy (non-hydrogen) atoms. The van der Waals surface area contributed by atoms with Crippen molar-refractivity contribution in [3.05, 3.63) is 165 Å². The van der Waals surface area contributed by atoms with Crippen molar-refractivity contribution in [2.45, 2.75) is 36.5 Å². The molecule has 0 fully saturated rings. The second-order valence-electron chi connectivity index (χ2n) is 11.4. The number of allylic oxidation sites excluding steroid dienone is 8. The maximum absolute atomic E-state index is 14.8. The fourth-order valence-electron chi connectivity index (χ4n) is 8.34. The zero-order valence-corrected chi connectivity index (χ0v) is 21.0. The number of hydrogen-bond acceptors (Lipinski definition) is 1. The highest BCUT2D eigenvalue weighted by atomic mass is 16.1. The van der Waals surface area contributed by atoms with E-state index in [0.29, 0.717) is 5.78 Å². The molecule has 0 heterocycles. The number of fused-ring (bicyclic) bond motifs is 2. The Balaban J connectivity index is 1.41. The molecule has 4 aromatic carbocycles. The van der Waals surface area contributed by atoms with Gasteiger partial charge >= 0.3 is 0 Å². The molecule has 0 spiro atoms. The first-order valence-corrected chi connectivity index (χ1v) is 13.8. The van der Waals surface area contributed by atoms with Crippen LogP contribution < -0.4 is 0 Å². The zero-order valence-electron chi connectivity index (χ0n) is 21.0. The Hall–Kier alpha value is -4.23. The molecule has 9 rings (SSSR count). The van der Waals surface area contributed by atoms with Gasteiger partial charge in [0.05, 0.1) is 11.8 Å². The maximum atomic E-state index is 14.8. The fourth-order valence-corrected chi connectivity index (χ4v) is 8.34. The zero-order chi connectivity index (χ0) is 25.0. The highest BCUT2D eigenvalue weighted by Gasteiger charge is 2.50. The molecule has 1 nitrogen and oxygen atoms in total. The van der Waals surface area contributed by atoms with E-state index < -0.39 is 0 Å². The Labute approximate surface area is 222 Å². The second kappa shape index (κ2) is 7.42. The average molecular weight is 487 g/mol. The summed E-state index contributed by atoms with van der Waals surface area (Å²) >= 11 is 0. The van der Waals surface area contributed by atoms with Gasteiger partial charge in [0.2, 0.25) is 0 Å². The molecule has 0 saturated carbocycles. The van der Waals surface area contributed by atoms with Crippen molar-refractivity contribution in [3.8, 4) is 0 Å². The molecule has 0 N–H and O–H groups in total. The minimum Gasteiger partial charge on any atom is -0.298 e. The lowest BCUT2D eigenvalue weighted by atomic mass is 9.58. The van der Waals surface area contributed by atoms with E-state index in [4.69, 9.17) is 0 Å². The van der Waals surface area contributed by atoms with Crippen molar-refractivity contribution in [1.29, 1.82) is 0 Å². The summed E-state index contributed by atoms with van der Waals surface area (Å²) in [5.74, 6) is 0.422. The van der Waals surface area contributed by atoms with E-state index in [1.807, 2.05) is 0 Å². The van der Waals surface area contributed by atoms with Crippen LogP contribution in [0.15, 0.2) is 132 Å². The first-order valence-electron chi connectivity index (χ1n) is 13.8. The molecule has 180 valence electrons. The standard InChI is InChI=1S/C37H26O/c38-37-35-26-15-7-13-24(26)30(21-9-3-1-4-10-21)28-19-17-23-18-20-29-31(22-11-5-2-6-12-22)25-14-8-16-27(25)36(37)34(29)32(23)33(28)35/h1-12,15-20,30-31,35-36H,13-14H2. The van der Waals surface area contributed by atoms with Crippen molar-refractivity contribution < 1.29 is 4.79 Å². The van der Waals surface area contributed by atoms with Crippen LogP contribution in [0.1, 0.15) is 69.9 Å². The highest BCUT2D eigenvalue weighted by molar-refractivity contribution is 6.11. The van der Waals surface area contributed by atoms with E-state index in [-0.39, 0.29) is 23.7 Å². The number of carbonyl (C=O) groups excluding carboxylic acids is 1. The third kappa shape index (κ3) is 2.50. The predicted octanol–water partition coefficient (Wildman–Crippen LogP) is 8.39. The van der Waals surface area contributed by atoms with Crippen molar-refractivity contribution >= 4 is 16.6 Å². The number of hydrogen-bond donors (Lipinski definition) is 0. The van der Waals surface area contributed by atoms with Gasteiger partial charge in [-0.25, -0.2) is 0 Å². The molecule has 0 radical (unpaired) electrons. The average Bonchev–Trinajstić information content (AvgIpc) is 3.65. The molecular weight excluding hydrogens is 460 g/mol. The summed E-state index contributed by atoms with van der Waals surface area (Å²) in [6.07, 6.45) is 10.9. The summed E-state index contributed by atoms with van der Waals surface area (Å²) < 4.78 is 0. The third-order valence-corrected chi connectivity index (χ3v) is 9.70. The summed E-state index contributed by atoms with van der Waals surface area (Å²) in [4.78, 5) is 14.8. The van der Waals surface area contributed by atoms with Gasteiger partial charge in [0.25, 0.3) is 0 Å². The van der Waals surface area contributed by atoms with E-state index in [1.165, 1.54) is 66.4 Å². The van der Waals surface area contributed by atoms with E-state index >= 15 is 0 Å². The molecule has 0 bridgehead atoms. The Morgan fingerprint density at radius 3 is 1.47 bits per heavy atom. The van der Waals surface area contributed by atoms with Gasteiger partial charge in [-0.3, -0.25) is 4.79 Å². The Morgan fingerprint density at radius 2 is 1.00 bits per heavy atom. The first kappa shape index (κ1) is 20.8. The molecule has 5 aliphatic carbocycles. The van der Waals surface area contributed by atoms with Gasteiger partial charge in [0, 0.05) is 11.8 Å².